The largest absolute Gasteiger partial charge is 0.331 e. The molecule has 0 spiro atoms. The van der Waals surface area contributed by atoms with Gasteiger partial charge < -0.3 is 0 Å². The van der Waals surface area contributed by atoms with Crippen molar-refractivity contribution in [3.63, 3.8) is 0 Å². The SMILES string of the molecule is Cn1c(=O)n(CC[C@@H](S)CS)c(=O)c2sccc21. The molecule has 0 bridgehead atoms. The van der Waals surface area contributed by atoms with E-state index in [0.29, 0.717) is 28.9 Å². The highest BCUT2D eigenvalue weighted by Crippen LogP contribution is 2.14. The van der Waals surface area contributed by atoms with Crippen molar-refractivity contribution in [3.05, 3.63) is 32.3 Å². The number of aromatic nitrogens is 2. The Morgan fingerprint density at radius 1 is 1.44 bits per heavy atom. The average Bonchev–Trinajstić information content (AvgIpc) is 2.85. The fraction of sp³-hybridized carbons (Fsp3) is 0.455. The average molecular weight is 302 g/mol. The van der Waals surface area contributed by atoms with Crippen LogP contribution in [0.1, 0.15) is 6.42 Å². The van der Waals surface area contributed by atoms with Crippen LogP contribution in [0.4, 0.5) is 0 Å². The lowest BCUT2D eigenvalue weighted by Gasteiger charge is -2.10. The molecular weight excluding hydrogens is 288 g/mol. The molecule has 0 amide bonds. The van der Waals surface area contributed by atoms with Crippen LogP contribution in [-0.2, 0) is 13.6 Å². The number of thiophene rings is 1. The lowest BCUT2D eigenvalue weighted by molar-refractivity contribution is 0.577. The van der Waals surface area contributed by atoms with E-state index >= 15 is 0 Å². The number of thiol groups is 2. The first kappa shape index (κ1) is 13.8. The number of hydrogen-bond donors (Lipinski definition) is 2. The maximum Gasteiger partial charge on any atom is 0.331 e. The summed E-state index contributed by atoms with van der Waals surface area (Å²) in [7, 11) is 1.68. The second-order valence-corrected chi connectivity index (χ2v) is 6.07. The van der Waals surface area contributed by atoms with E-state index in [1.54, 1.807) is 13.1 Å². The molecule has 0 radical (unpaired) electrons. The molecule has 0 aliphatic rings. The molecule has 0 unspecified atom stereocenters. The zero-order chi connectivity index (χ0) is 13.3. The summed E-state index contributed by atoms with van der Waals surface area (Å²) in [6, 6.07) is 1.79. The lowest BCUT2D eigenvalue weighted by atomic mass is 10.3. The van der Waals surface area contributed by atoms with Gasteiger partial charge in [-0.1, -0.05) is 0 Å². The molecule has 4 nitrogen and oxygen atoms in total. The summed E-state index contributed by atoms with van der Waals surface area (Å²) in [5.41, 5.74) is 0.219. The summed E-state index contributed by atoms with van der Waals surface area (Å²) in [6.07, 6.45) is 0.651. The van der Waals surface area contributed by atoms with E-state index in [-0.39, 0.29) is 16.5 Å². The van der Waals surface area contributed by atoms with Gasteiger partial charge in [0.2, 0.25) is 0 Å². The molecule has 2 aromatic rings. The Morgan fingerprint density at radius 3 is 2.83 bits per heavy atom. The predicted octanol–water partition coefficient (Wildman–Crippen LogP) is 1.38. The molecule has 0 saturated carbocycles. The van der Waals surface area contributed by atoms with Crippen LogP contribution in [0.3, 0.4) is 0 Å². The van der Waals surface area contributed by atoms with E-state index in [0.717, 1.165) is 0 Å². The third-order valence-electron chi connectivity index (χ3n) is 2.86. The first-order valence-electron chi connectivity index (χ1n) is 5.52. The number of nitrogens with zero attached hydrogens (tertiary/aromatic N) is 2. The van der Waals surface area contributed by atoms with Crippen LogP contribution in [0, 0.1) is 0 Å². The normalized spacial score (nSPS) is 13.1. The minimum Gasteiger partial charge on any atom is -0.295 e. The fourth-order valence-electron chi connectivity index (χ4n) is 1.79. The Bertz CT molecular complexity index is 671. The number of fused-ring (bicyclic) bond motifs is 1. The zero-order valence-electron chi connectivity index (χ0n) is 9.87. The van der Waals surface area contributed by atoms with E-state index in [9.17, 15) is 9.59 Å². The van der Waals surface area contributed by atoms with Crippen molar-refractivity contribution in [2.45, 2.75) is 18.2 Å². The van der Waals surface area contributed by atoms with Gasteiger partial charge in [-0.2, -0.15) is 25.3 Å². The molecular formula is C11H14N2O2S3. The summed E-state index contributed by atoms with van der Waals surface area (Å²) in [6.45, 7) is 0.383. The highest BCUT2D eigenvalue weighted by Gasteiger charge is 2.12. The van der Waals surface area contributed by atoms with E-state index in [4.69, 9.17) is 0 Å². The van der Waals surface area contributed by atoms with Gasteiger partial charge in [0.15, 0.2) is 0 Å². The van der Waals surface area contributed by atoms with Crippen molar-refractivity contribution in [3.8, 4) is 0 Å². The highest BCUT2D eigenvalue weighted by atomic mass is 32.1. The molecule has 1 atom stereocenters. The summed E-state index contributed by atoms with van der Waals surface area (Å²) in [5, 5.41) is 1.91. The van der Waals surface area contributed by atoms with Crippen LogP contribution in [0.15, 0.2) is 21.0 Å². The minimum absolute atomic E-state index is 0.0870. The van der Waals surface area contributed by atoms with Gasteiger partial charge in [-0.05, 0) is 17.9 Å². The Balaban J connectivity index is 2.50. The molecule has 0 saturated heterocycles. The first-order chi connectivity index (χ1) is 8.56. The monoisotopic (exact) mass is 302 g/mol. The second kappa shape index (κ2) is 5.54. The van der Waals surface area contributed by atoms with Crippen LogP contribution in [-0.4, -0.2) is 20.1 Å². The van der Waals surface area contributed by atoms with E-state index in [2.05, 4.69) is 25.3 Å². The van der Waals surface area contributed by atoms with Gasteiger partial charge in [-0.25, -0.2) is 4.79 Å². The molecule has 2 heterocycles. The Kier molecular flexibility index (Phi) is 4.24. The van der Waals surface area contributed by atoms with Gasteiger partial charge in [0.1, 0.15) is 4.70 Å². The number of aryl methyl sites for hydroxylation is 1. The van der Waals surface area contributed by atoms with Crippen molar-refractivity contribution in [2.75, 3.05) is 5.75 Å². The predicted molar refractivity (Wildman–Crippen MR) is 82.6 cm³/mol. The van der Waals surface area contributed by atoms with Crippen molar-refractivity contribution >= 4 is 46.8 Å². The van der Waals surface area contributed by atoms with Crippen LogP contribution >= 0.6 is 36.6 Å². The van der Waals surface area contributed by atoms with Gasteiger partial charge in [0.05, 0.1) is 5.52 Å². The van der Waals surface area contributed by atoms with Gasteiger partial charge in [0, 0.05) is 24.6 Å². The summed E-state index contributed by atoms with van der Waals surface area (Å²) >= 11 is 9.82. The maximum atomic E-state index is 12.2. The Morgan fingerprint density at radius 2 is 2.17 bits per heavy atom. The molecule has 0 aliphatic carbocycles. The van der Waals surface area contributed by atoms with Gasteiger partial charge in [-0.3, -0.25) is 13.9 Å². The topological polar surface area (TPSA) is 44.0 Å². The summed E-state index contributed by atoms with van der Waals surface area (Å²) in [5.74, 6) is 0.624. The third kappa shape index (κ3) is 2.39. The smallest absolute Gasteiger partial charge is 0.295 e. The Labute approximate surface area is 119 Å². The summed E-state index contributed by atoms with van der Waals surface area (Å²) in [4.78, 5) is 24.3. The minimum atomic E-state index is -0.273. The molecule has 2 aromatic heterocycles. The van der Waals surface area contributed by atoms with Gasteiger partial charge in [-0.15, -0.1) is 11.3 Å². The van der Waals surface area contributed by atoms with Crippen molar-refractivity contribution in [1.82, 2.24) is 9.13 Å². The zero-order valence-corrected chi connectivity index (χ0v) is 12.5. The molecule has 0 fully saturated rings. The van der Waals surface area contributed by atoms with E-state index in [1.807, 2.05) is 5.38 Å². The van der Waals surface area contributed by atoms with Crippen LogP contribution in [0.5, 0.6) is 0 Å². The molecule has 7 heteroatoms. The maximum absolute atomic E-state index is 12.2. The summed E-state index contributed by atoms with van der Waals surface area (Å²) < 4.78 is 3.42. The third-order valence-corrected chi connectivity index (χ3v) is 4.92. The standard InChI is InChI=1S/C11H14N2O2S3/c1-12-8-3-5-18-9(8)10(14)13(11(12)15)4-2-7(17)6-16/h3,5,7,16-17H,2,4,6H2,1H3/t7-/m1/s1. The quantitative estimate of drug-likeness (QED) is 0.838. The van der Waals surface area contributed by atoms with Crippen LogP contribution < -0.4 is 11.2 Å². The molecule has 18 heavy (non-hydrogen) atoms. The van der Waals surface area contributed by atoms with E-state index < -0.39 is 0 Å². The fourth-order valence-corrected chi connectivity index (χ4v) is 2.95. The van der Waals surface area contributed by atoms with Crippen LogP contribution in [0.25, 0.3) is 10.2 Å². The van der Waals surface area contributed by atoms with Gasteiger partial charge >= 0.3 is 5.69 Å². The Hall–Kier alpha value is -0.660. The van der Waals surface area contributed by atoms with Crippen molar-refractivity contribution < 1.29 is 0 Å². The molecule has 98 valence electrons. The molecule has 0 aromatic carbocycles. The van der Waals surface area contributed by atoms with Crippen molar-refractivity contribution in [2.24, 2.45) is 7.05 Å². The molecule has 2 rings (SSSR count). The van der Waals surface area contributed by atoms with E-state index in [1.165, 1.54) is 20.5 Å². The number of hydrogen-bond acceptors (Lipinski definition) is 5. The lowest BCUT2D eigenvalue weighted by Crippen LogP contribution is -2.39. The first-order valence-corrected chi connectivity index (χ1v) is 7.55. The highest BCUT2D eigenvalue weighted by molar-refractivity contribution is 7.84. The molecule has 0 N–H and O–H groups in total. The van der Waals surface area contributed by atoms with Gasteiger partial charge in [0.25, 0.3) is 5.56 Å². The molecule has 0 aliphatic heterocycles. The second-order valence-electron chi connectivity index (χ2n) is 4.06. The number of rotatable bonds is 4. The van der Waals surface area contributed by atoms with Crippen LogP contribution in [0.2, 0.25) is 0 Å². The van der Waals surface area contributed by atoms with Crippen molar-refractivity contribution in [1.29, 1.82) is 0 Å².